The Balaban J connectivity index is 3.06. The van der Waals surface area contributed by atoms with E-state index in [-0.39, 0.29) is 5.57 Å². The molecule has 0 atom stereocenters. The fourth-order valence-corrected chi connectivity index (χ4v) is 1.35. The second-order valence-corrected chi connectivity index (χ2v) is 3.82. The van der Waals surface area contributed by atoms with Crippen LogP contribution >= 0.6 is 22.6 Å². The summed E-state index contributed by atoms with van der Waals surface area (Å²) >= 11 is 2.16. The first-order valence-corrected chi connectivity index (χ1v) is 4.95. The Morgan fingerprint density at radius 2 is 2.00 bits per heavy atom. The van der Waals surface area contributed by atoms with Gasteiger partial charge in [-0.15, -0.1) is 0 Å². The molecule has 1 aromatic rings. The summed E-state index contributed by atoms with van der Waals surface area (Å²) in [6.07, 6.45) is 1.23. The second kappa shape index (κ2) is 4.99. The molecule has 4 heteroatoms. The maximum absolute atomic E-state index is 10.8. The Labute approximate surface area is 95.5 Å². The lowest BCUT2D eigenvalue weighted by molar-refractivity contribution is -0.130. The highest BCUT2D eigenvalue weighted by Crippen LogP contribution is 2.16. The number of hydrogen-bond acceptors (Lipinski definition) is 2. The molecule has 0 aliphatic carbocycles. The van der Waals surface area contributed by atoms with E-state index in [9.17, 15) is 4.79 Å². The van der Waals surface area contributed by atoms with Crippen LogP contribution in [0, 0.1) is 3.57 Å². The van der Waals surface area contributed by atoms with Gasteiger partial charge in [0.1, 0.15) is 5.57 Å². The van der Waals surface area contributed by atoms with Gasteiger partial charge in [0.25, 0.3) is 0 Å². The first-order valence-electron chi connectivity index (χ1n) is 3.87. The number of carbonyl (C=O) groups is 1. The standard InChI is InChI=1S/C10H9IO3/c1-14-6-9(10(12)13)7-2-4-8(11)5-3-7/h2-6H,1H3,(H,12,13). The number of hydrogen-bond donors (Lipinski definition) is 1. The molecule has 1 aromatic carbocycles. The molecule has 0 unspecified atom stereocenters. The average molecular weight is 304 g/mol. The molecular weight excluding hydrogens is 295 g/mol. The molecule has 0 amide bonds. The van der Waals surface area contributed by atoms with Crippen molar-refractivity contribution in [1.82, 2.24) is 0 Å². The molecule has 0 radical (unpaired) electrons. The van der Waals surface area contributed by atoms with Gasteiger partial charge in [0, 0.05) is 3.57 Å². The van der Waals surface area contributed by atoms with Gasteiger partial charge in [-0.25, -0.2) is 4.79 Å². The zero-order valence-corrected chi connectivity index (χ0v) is 9.69. The molecule has 0 saturated heterocycles. The number of benzene rings is 1. The minimum atomic E-state index is -0.993. The number of ether oxygens (including phenoxy) is 1. The van der Waals surface area contributed by atoms with Crippen LogP contribution in [-0.4, -0.2) is 18.2 Å². The van der Waals surface area contributed by atoms with E-state index in [4.69, 9.17) is 9.84 Å². The van der Waals surface area contributed by atoms with E-state index in [1.165, 1.54) is 13.4 Å². The van der Waals surface area contributed by atoms with Crippen LogP contribution in [0.1, 0.15) is 5.56 Å². The largest absolute Gasteiger partial charge is 0.503 e. The molecule has 0 aliphatic rings. The summed E-state index contributed by atoms with van der Waals surface area (Å²) in [6.45, 7) is 0. The quantitative estimate of drug-likeness (QED) is 0.530. The molecule has 14 heavy (non-hydrogen) atoms. The average Bonchev–Trinajstić information content (AvgIpc) is 2.15. The molecule has 0 saturated carbocycles. The number of aliphatic carboxylic acids is 1. The van der Waals surface area contributed by atoms with Crippen molar-refractivity contribution >= 4 is 34.1 Å². The molecule has 1 rings (SSSR count). The van der Waals surface area contributed by atoms with Crippen LogP contribution in [0.15, 0.2) is 30.5 Å². The Morgan fingerprint density at radius 3 is 2.43 bits per heavy atom. The van der Waals surface area contributed by atoms with Crippen LogP contribution in [0.5, 0.6) is 0 Å². The summed E-state index contributed by atoms with van der Waals surface area (Å²) in [4.78, 5) is 10.8. The maximum atomic E-state index is 10.8. The lowest BCUT2D eigenvalue weighted by atomic mass is 10.1. The van der Waals surface area contributed by atoms with Crippen molar-refractivity contribution in [3.05, 3.63) is 39.7 Å². The van der Waals surface area contributed by atoms with Gasteiger partial charge >= 0.3 is 5.97 Å². The number of methoxy groups -OCH3 is 1. The summed E-state index contributed by atoms with van der Waals surface area (Å²) in [7, 11) is 1.43. The molecule has 1 N–H and O–H groups in total. The molecule has 0 spiro atoms. The van der Waals surface area contributed by atoms with Crippen molar-refractivity contribution in [3.63, 3.8) is 0 Å². The maximum Gasteiger partial charge on any atom is 0.339 e. The van der Waals surface area contributed by atoms with Crippen LogP contribution in [0.4, 0.5) is 0 Å². The fraction of sp³-hybridized carbons (Fsp3) is 0.100. The summed E-state index contributed by atoms with van der Waals surface area (Å²) < 4.78 is 5.77. The van der Waals surface area contributed by atoms with Crippen LogP contribution in [-0.2, 0) is 9.53 Å². The monoisotopic (exact) mass is 304 g/mol. The van der Waals surface area contributed by atoms with Crippen molar-refractivity contribution in [1.29, 1.82) is 0 Å². The third-order valence-corrected chi connectivity index (χ3v) is 2.34. The number of carboxylic acids is 1. The van der Waals surface area contributed by atoms with Gasteiger partial charge in [-0.3, -0.25) is 0 Å². The number of halogens is 1. The number of rotatable bonds is 3. The van der Waals surface area contributed by atoms with E-state index >= 15 is 0 Å². The Morgan fingerprint density at radius 1 is 1.43 bits per heavy atom. The normalized spacial score (nSPS) is 11.1. The molecule has 0 aromatic heterocycles. The zero-order valence-electron chi connectivity index (χ0n) is 7.53. The third-order valence-electron chi connectivity index (χ3n) is 1.62. The predicted octanol–water partition coefficient (Wildman–Crippen LogP) is 2.36. The smallest absolute Gasteiger partial charge is 0.339 e. The van der Waals surface area contributed by atoms with Gasteiger partial charge < -0.3 is 9.84 Å². The molecule has 0 heterocycles. The lowest BCUT2D eigenvalue weighted by Gasteiger charge is -2.01. The Hall–Kier alpha value is -1.04. The highest BCUT2D eigenvalue weighted by atomic mass is 127. The van der Waals surface area contributed by atoms with Crippen LogP contribution in [0.3, 0.4) is 0 Å². The minimum Gasteiger partial charge on any atom is -0.503 e. The molecular formula is C10H9IO3. The molecule has 3 nitrogen and oxygen atoms in total. The molecule has 0 aliphatic heterocycles. The third kappa shape index (κ3) is 2.73. The van der Waals surface area contributed by atoms with Gasteiger partial charge in [-0.05, 0) is 40.3 Å². The highest BCUT2D eigenvalue weighted by molar-refractivity contribution is 14.1. The van der Waals surface area contributed by atoms with Crippen molar-refractivity contribution in [2.45, 2.75) is 0 Å². The first-order chi connectivity index (χ1) is 6.65. The highest BCUT2D eigenvalue weighted by Gasteiger charge is 2.09. The first kappa shape index (κ1) is 11.0. The Bertz CT molecular complexity index is 354. The van der Waals surface area contributed by atoms with Gasteiger partial charge in [0.15, 0.2) is 0 Å². The summed E-state index contributed by atoms with van der Waals surface area (Å²) in [5, 5.41) is 8.88. The van der Waals surface area contributed by atoms with Crippen LogP contribution in [0.25, 0.3) is 5.57 Å². The van der Waals surface area contributed by atoms with Crippen molar-refractivity contribution in [3.8, 4) is 0 Å². The number of carboxylic acid groups (broad SMARTS) is 1. The molecule has 74 valence electrons. The Kier molecular flexibility index (Phi) is 3.94. The van der Waals surface area contributed by atoms with Crippen LogP contribution < -0.4 is 0 Å². The molecule has 0 bridgehead atoms. The van der Waals surface area contributed by atoms with Crippen LogP contribution in [0.2, 0.25) is 0 Å². The predicted molar refractivity (Wildman–Crippen MR) is 61.8 cm³/mol. The summed E-state index contributed by atoms with van der Waals surface area (Å²) in [6, 6.07) is 7.20. The molecule has 0 fully saturated rings. The SMILES string of the molecule is COC=C(C(=O)O)c1ccc(I)cc1. The van der Waals surface area contributed by atoms with Gasteiger partial charge in [0.05, 0.1) is 13.4 Å². The van der Waals surface area contributed by atoms with Crippen molar-refractivity contribution in [2.24, 2.45) is 0 Å². The topological polar surface area (TPSA) is 46.5 Å². The van der Waals surface area contributed by atoms with E-state index in [1.807, 2.05) is 12.1 Å². The van der Waals surface area contributed by atoms with E-state index in [0.717, 1.165) is 3.57 Å². The van der Waals surface area contributed by atoms with Crippen molar-refractivity contribution in [2.75, 3.05) is 7.11 Å². The van der Waals surface area contributed by atoms with Gasteiger partial charge in [0.2, 0.25) is 0 Å². The van der Waals surface area contributed by atoms with E-state index in [1.54, 1.807) is 12.1 Å². The van der Waals surface area contributed by atoms with Crippen molar-refractivity contribution < 1.29 is 14.6 Å². The lowest BCUT2D eigenvalue weighted by Crippen LogP contribution is -2.00. The van der Waals surface area contributed by atoms with E-state index < -0.39 is 5.97 Å². The summed E-state index contributed by atoms with van der Waals surface area (Å²) in [5.74, 6) is -0.993. The fourth-order valence-electron chi connectivity index (χ4n) is 0.989. The second-order valence-electron chi connectivity index (χ2n) is 2.58. The zero-order chi connectivity index (χ0) is 10.6. The van der Waals surface area contributed by atoms with E-state index in [2.05, 4.69) is 22.6 Å². The summed E-state index contributed by atoms with van der Waals surface area (Å²) in [5.41, 5.74) is 0.795. The minimum absolute atomic E-state index is 0.156. The van der Waals surface area contributed by atoms with E-state index in [0.29, 0.717) is 5.56 Å². The van der Waals surface area contributed by atoms with Gasteiger partial charge in [-0.1, -0.05) is 12.1 Å². The van der Waals surface area contributed by atoms with Gasteiger partial charge in [-0.2, -0.15) is 0 Å².